The summed E-state index contributed by atoms with van der Waals surface area (Å²) in [5.41, 5.74) is 8.22. The molecule has 2 heteroatoms. The van der Waals surface area contributed by atoms with E-state index in [2.05, 4.69) is 88.7 Å². The normalized spacial score (nSPS) is 30.3. The van der Waals surface area contributed by atoms with Crippen LogP contribution in [0.2, 0.25) is 0 Å². The predicted octanol–water partition coefficient (Wildman–Crippen LogP) is 5.80. The minimum atomic E-state index is 0.188. The molecule has 4 rings (SSSR count). The largest absolute Gasteiger partial charge is 0.243 e. The van der Waals surface area contributed by atoms with Gasteiger partial charge in [0.1, 0.15) is 5.69 Å². The van der Waals surface area contributed by atoms with E-state index in [1.54, 1.807) is 0 Å². The molecule has 0 radical (unpaired) electrons. The average molecular weight is 360 g/mol. The van der Waals surface area contributed by atoms with Gasteiger partial charge in [0.15, 0.2) is 11.7 Å². The summed E-state index contributed by atoms with van der Waals surface area (Å²) < 4.78 is 2.49. The van der Waals surface area contributed by atoms with Crippen LogP contribution in [-0.4, -0.2) is 4.98 Å². The fraction of sp³-hybridized carbons (Fsp3) is 0.440. The lowest BCUT2D eigenvalue weighted by Crippen LogP contribution is -2.48. The number of aromatic nitrogens is 2. The maximum atomic E-state index is 4.94. The van der Waals surface area contributed by atoms with E-state index >= 15 is 0 Å². The standard InChI is InChI=1S/C25H31N2/c1-16-14-22(20(5)19(4)18(16)3)23-24(21-10-8-7-9-11-21)27(13-12-26-23)25(6)15-17(25)2/h7-14,16-17,20H,15H2,1-6H3/q+1. The zero-order valence-corrected chi connectivity index (χ0v) is 17.5. The van der Waals surface area contributed by atoms with E-state index in [1.165, 1.54) is 34.4 Å². The van der Waals surface area contributed by atoms with Crippen molar-refractivity contribution in [3.8, 4) is 11.3 Å². The molecule has 0 saturated heterocycles. The van der Waals surface area contributed by atoms with Gasteiger partial charge >= 0.3 is 0 Å². The molecule has 1 aromatic carbocycles. The summed E-state index contributed by atoms with van der Waals surface area (Å²) in [6.07, 6.45) is 7.84. The van der Waals surface area contributed by atoms with Gasteiger partial charge in [0, 0.05) is 30.7 Å². The van der Waals surface area contributed by atoms with E-state index in [0.29, 0.717) is 17.8 Å². The van der Waals surface area contributed by atoms with Gasteiger partial charge in [0.05, 0.1) is 6.20 Å². The van der Waals surface area contributed by atoms with Gasteiger partial charge in [-0.2, -0.15) is 4.57 Å². The smallest absolute Gasteiger partial charge is 0.239 e. The predicted molar refractivity (Wildman–Crippen MR) is 112 cm³/mol. The number of nitrogens with zero attached hydrogens (tertiary/aromatic N) is 2. The van der Waals surface area contributed by atoms with Crippen LogP contribution in [0.5, 0.6) is 0 Å². The molecule has 0 bridgehead atoms. The molecule has 4 atom stereocenters. The lowest BCUT2D eigenvalue weighted by atomic mass is 9.78. The molecular weight excluding hydrogens is 328 g/mol. The number of hydrogen-bond acceptors (Lipinski definition) is 1. The molecule has 140 valence electrons. The molecular formula is C25H31N2+. The lowest BCUT2D eigenvalue weighted by Gasteiger charge is -2.28. The highest BCUT2D eigenvalue weighted by Crippen LogP contribution is 2.47. The topological polar surface area (TPSA) is 16.8 Å². The Morgan fingerprint density at radius 1 is 1.04 bits per heavy atom. The Morgan fingerprint density at radius 2 is 1.70 bits per heavy atom. The number of hydrogen-bond donors (Lipinski definition) is 0. The van der Waals surface area contributed by atoms with Gasteiger partial charge in [-0.15, -0.1) is 0 Å². The summed E-state index contributed by atoms with van der Waals surface area (Å²) >= 11 is 0. The van der Waals surface area contributed by atoms with E-state index < -0.39 is 0 Å². The van der Waals surface area contributed by atoms with E-state index in [4.69, 9.17) is 4.98 Å². The Hall–Kier alpha value is -2.22. The molecule has 2 aromatic rings. The number of allylic oxidation sites excluding steroid dienone is 4. The molecule has 2 aliphatic rings. The Morgan fingerprint density at radius 3 is 2.33 bits per heavy atom. The van der Waals surface area contributed by atoms with Crippen LogP contribution in [0.25, 0.3) is 16.8 Å². The number of benzene rings is 1. The van der Waals surface area contributed by atoms with E-state index in [9.17, 15) is 0 Å². The van der Waals surface area contributed by atoms with Gasteiger partial charge < -0.3 is 0 Å². The summed E-state index contributed by atoms with van der Waals surface area (Å²) in [4.78, 5) is 4.94. The Labute approximate surface area is 163 Å². The van der Waals surface area contributed by atoms with Crippen molar-refractivity contribution in [3.63, 3.8) is 0 Å². The fourth-order valence-electron chi connectivity index (χ4n) is 4.59. The molecule has 0 spiro atoms. The van der Waals surface area contributed by atoms with E-state index in [1.807, 2.05) is 6.20 Å². The summed E-state index contributed by atoms with van der Waals surface area (Å²) in [5.74, 6) is 1.56. The van der Waals surface area contributed by atoms with Crippen molar-refractivity contribution in [1.29, 1.82) is 0 Å². The van der Waals surface area contributed by atoms with Crippen LogP contribution < -0.4 is 4.57 Å². The lowest BCUT2D eigenvalue weighted by molar-refractivity contribution is -0.729. The van der Waals surface area contributed by atoms with E-state index in [0.717, 1.165) is 5.69 Å². The average Bonchev–Trinajstić information content (AvgIpc) is 3.30. The van der Waals surface area contributed by atoms with Gasteiger partial charge in [-0.3, -0.25) is 0 Å². The molecule has 0 aliphatic heterocycles. The van der Waals surface area contributed by atoms with Crippen molar-refractivity contribution in [2.45, 2.75) is 53.5 Å². The van der Waals surface area contributed by atoms with Crippen molar-refractivity contribution in [2.24, 2.45) is 17.8 Å². The fourth-order valence-corrected chi connectivity index (χ4v) is 4.59. The summed E-state index contributed by atoms with van der Waals surface area (Å²) in [5, 5.41) is 0. The third kappa shape index (κ3) is 2.86. The van der Waals surface area contributed by atoms with Crippen molar-refractivity contribution >= 4 is 5.57 Å². The SMILES string of the molecule is CC1=C(C)C(C)C(c2ncc[n+](C3(C)CC3C)c2-c2ccccc2)=CC1C. The minimum Gasteiger partial charge on any atom is -0.243 e. The molecule has 0 amide bonds. The first-order chi connectivity index (χ1) is 12.8. The monoisotopic (exact) mass is 359 g/mol. The molecule has 4 unspecified atom stereocenters. The first kappa shape index (κ1) is 18.2. The van der Waals surface area contributed by atoms with Gasteiger partial charge in [-0.25, -0.2) is 4.98 Å². The third-order valence-electron chi connectivity index (χ3n) is 7.23. The van der Waals surface area contributed by atoms with Crippen molar-refractivity contribution in [2.75, 3.05) is 0 Å². The van der Waals surface area contributed by atoms with Crippen LogP contribution in [0.15, 0.2) is 59.9 Å². The second kappa shape index (κ2) is 6.44. The first-order valence-corrected chi connectivity index (χ1v) is 10.2. The Bertz CT molecular complexity index is 938. The zero-order chi connectivity index (χ0) is 19.3. The van der Waals surface area contributed by atoms with Gasteiger partial charge in [0.2, 0.25) is 5.69 Å². The highest BCUT2D eigenvalue weighted by atomic mass is 15.1. The molecule has 2 aliphatic carbocycles. The molecule has 27 heavy (non-hydrogen) atoms. The molecule has 0 N–H and O–H groups in total. The molecule has 1 saturated carbocycles. The van der Waals surface area contributed by atoms with Crippen molar-refractivity contribution in [1.82, 2.24) is 4.98 Å². The van der Waals surface area contributed by atoms with Crippen LogP contribution in [0, 0.1) is 17.8 Å². The van der Waals surface area contributed by atoms with Gasteiger partial charge in [0.25, 0.3) is 0 Å². The van der Waals surface area contributed by atoms with Crippen molar-refractivity contribution in [3.05, 3.63) is 65.6 Å². The Balaban J connectivity index is 1.95. The molecule has 1 heterocycles. The second-order valence-electron chi connectivity index (χ2n) is 8.82. The third-order valence-corrected chi connectivity index (χ3v) is 7.23. The van der Waals surface area contributed by atoms with Crippen LogP contribution in [0.3, 0.4) is 0 Å². The van der Waals surface area contributed by atoms with Crippen molar-refractivity contribution < 1.29 is 4.57 Å². The maximum absolute atomic E-state index is 4.94. The van der Waals surface area contributed by atoms with Crippen LogP contribution >= 0.6 is 0 Å². The molecule has 1 fully saturated rings. The van der Waals surface area contributed by atoms with Crippen LogP contribution in [-0.2, 0) is 5.54 Å². The molecule has 1 aromatic heterocycles. The van der Waals surface area contributed by atoms with E-state index in [-0.39, 0.29) is 5.54 Å². The quantitative estimate of drug-likeness (QED) is 0.500. The summed E-state index contributed by atoms with van der Waals surface area (Å²) in [6, 6.07) is 10.8. The highest BCUT2D eigenvalue weighted by Gasteiger charge is 2.57. The maximum Gasteiger partial charge on any atom is 0.239 e. The number of rotatable bonds is 3. The minimum absolute atomic E-state index is 0.188. The first-order valence-electron chi connectivity index (χ1n) is 10.2. The van der Waals surface area contributed by atoms with Crippen LogP contribution in [0.1, 0.15) is 53.7 Å². The summed E-state index contributed by atoms with van der Waals surface area (Å²) in [7, 11) is 0. The summed E-state index contributed by atoms with van der Waals surface area (Å²) in [6.45, 7) is 13.9. The van der Waals surface area contributed by atoms with Crippen LogP contribution in [0.4, 0.5) is 0 Å². The highest BCUT2D eigenvalue weighted by molar-refractivity contribution is 5.78. The van der Waals surface area contributed by atoms with Gasteiger partial charge in [-0.1, -0.05) is 56.2 Å². The second-order valence-corrected chi connectivity index (χ2v) is 8.82. The molecule has 2 nitrogen and oxygen atoms in total. The van der Waals surface area contributed by atoms with Gasteiger partial charge in [-0.05, 0) is 37.5 Å². The Kier molecular flexibility index (Phi) is 4.33. The zero-order valence-electron chi connectivity index (χ0n) is 17.5.